The lowest BCUT2D eigenvalue weighted by Gasteiger charge is -2.13. The van der Waals surface area contributed by atoms with Gasteiger partial charge in [0.2, 0.25) is 0 Å². The highest BCUT2D eigenvalue weighted by molar-refractivity contribution is 6.32. The van der Waals surface area contributed by atoms with Gasteiger partial charge in [-0.3, -0.25) is 4.79 Å². The van der Waals surface area contributed by atoms with Crippen LogP contribution in [-0.2, 0) is 0 Å². The number of amides is 1. The van der Waals surface area contributed by atoms with Gasteiger partial charge < -0.3 is 15.8 Å². The summed E-state index contributed by atoms with van der Waals surface area (Å²) in [5.74, 6) is 0.799. The molecule has 2 aromatic rings. The van der Waals surface area contributed by atoms with E-state index < -0.39 is 0 Å². The van der Waals surface area contributed by atoms with Gasteiger partial charge in [-0.25, -0.2) is 0 Å². The maximum Gasteiger partial charge on any atom is 0.254 e. The predicted octanol–water partition coefficient (Wildman–Crippen LogP) is 3.69. The number of ether oxygens (including phenoxy) is 1. The molecule has 3 N–H and O–H groups in total. The molecule has 0 atom stereocenters. The Hall–Kier alpha value is -2.20. The molecule has 0 radical (unpaired) electrons. The Labute approximate surface area is 128 Å². The van der Waals surface area contributed by atoms with Gasteiger partial charge in [-0.05, 0) is 49.2 Å². The van der Waals surface area contributed by atoms with Gasteiger partial charge in [0.05, 0.1) is 5.56 Å². The average molecular weight is 305 g/mol. The lowest BCUT2D eigenvalue weighted by Crippen LogP contribution is -2.18. The Bertz CT molecular complexity index is 676. The smallest absolute Gasteiger partial charge is 0.254 e. The first kappa shape index (κ1) is 15.2. The van der Waals surface area contributed by atoms with Crippen molar-refractivity contribution in [3.63, 3.8) is 0 Å². The van der Waals surface area contributed by atoms with E-state index in [1.54, 1.807) is 25.2 Å². The molecule has 4 nitrogen and oxygen atoms in total. The molecule has 21 heavy (non-hydrogen) atoms. The third-order valence-corrected chi connectivity index (χ3v) is 3.71. The van der Waals surface area contributed by atoms with Crippen molar-refractivity contribution in [2.45, 2.75) is 13.8 Å². The van der Waals surface area contributed by atoms with Crippen LogP contribution in [0.15, 0.2) is 30.3 Å². The molecule has 0 fully saturated rings. The summed E-state index contributed by atoms with van der Waals surface area (Å²) in [6.45, 7) is 3.81. The van der Waals surface area contributed by atoms with Gasteiger partial charge in [-0.15, -0.1) is 0 Å². The van der Waals surface area contributed by atoms with Crippen molar-refractivity contribution >= 4 is 23.2 Å². The molecule has 2 aromatic carbocycles. The molecule has 2 rings (SSSR count). The van der Waals surface area contributed by atoms with Crippen molar-refractivity contribution in [3.8, 4) is 11.5 Å². The zero-order chi connectivity index (χ0) is 15.6. The van der Waals surface area contributed by atoms with Gasteiger partial charge in [0, 0.05) is 23.8 Å². The van der Waals surface area contributed by atoms with E-state index in [9.17, 15) is 4.79 Å². The largest absolute Gasteiger partial charge is 0.456 e. The lowest BCUT2D eigenvalue weighted by molar-refractivity contribution is 0.0961. The molecule has 0 unspecified atom stereocenters. The number of hydrogen-bond acceptors (Lipinski definition) is 3. The average Bonchev–Trinajstić information content (AvgIpc) is 2.44. The number of carbonyl (C=O) groups excluding carboxylic acids is 1. The van der Waals surface area contributed by atoms with E-state index >= 15 is 0 Å². The van der Waals surface area contributed by atoms with E-state index in [2.05, 4.69) is 5.32 Å². The van der Waals surface area contributed by atoms with Crippen molar-refractivity contribution in [3.05, 3.63) is 52.0 Å². The second-order valence-electron chi connectivity index (χ2n) is 4.81. The van der Waals surface area contributed by atoms with Crippen LogP contribution in [0.5, 0.6) is 11.5 Å². The number of aryl methyl sites for hydroxylation is 2. The summed E-state index contributed by atoms with van der Waals surface area (Å²) in [4.78, 5) is 11.9. The van der Waals surface area contributed by atoms with Gasteiger partial charge in [0.15, 0.2) is 0 Å². The van der Waals surface area contributed by atoms with Crippen LogP contribution in [0.2, 0.25) is 5.02 Å². The summed E-state index contributed by atoms with van der Waals surface area (Å²) in [6.07, 6.45) is 0. The first-order valence-electron chi connectivity index (χ1n) is 6.48. The minimum Gasteiger partial charge on any atom is -0.456 e. The maximum atomic E-state index is 11.9. The molecule has 0 saturated carbocycles. The zero-order valence-electron chi connectivity index (χ0n) is 12.2. The Morgan fingerprint density at radius 2 is 1.81 bits per heavy atom. The minimum absolute atomic E-state index is 0.229. The number of anilines is 1. The molecule has 0 aromatic heterocycles. The molecule has 0 heterocycles. The first-order chi connectivity index (χ1) is 9.92. The van der Waals surface area contributed by atoms with Crippen molar-refractivity contribution in [1.29, 1.82) is 0 Å². The third-order valence-electron chi connectivity index (χ3n) is 3.12. The summed E-state index contributed by atoms with van der Waals surface area (Å²) in [6, 6.07) is 8.58. The molecule has 0 aliphatic rings. The fraction of sp³-hybridized carbons (Fsp3) is 0.188. The molecular weight excluding hydrogens is 288 g/mol. The van der Waals surface area contributed by atoms with E-state index in [0.717, 1.165) is 11.1 Å². The highest BCUT2D eigenvalue weighted by Gasteiger charge is 2.13. The van der Waals surface area contributed by atoms with Crippen LogP contribution in [0, 0.1) is 13.8 Å². The fourth-order valence-corrected chi connectivity index (χ4v) is 2.15. The number of halogens is 1. The van der Waals surface area contributed by atoms with Crippen LogP contribution < -0.4 is 15.8 Å². The Balaban J connectivity index is 2.43. The van der Waals surface area contributed by atoms with Crippen LogP contribution in [0.3, 0.4) is 0 Å². The summed E-state index contributed by atoms with van der Waals surface area (Å²) >= 11 is 6.14. The van der Waals surface area contributed by atoms with Crippen LogP contribution in [-0.4, -0.2) is 13.0 Å². The zero-order valence-corrected chi connectivity index (χ0v) is 12.9. The number of rotatable bonds is 3. The topological polar surface area (TPSA) is 64.4 Å². The molecule has 0 spiro atoms. The van der Waals surface area contributed by atoms with Gasteiger partial charge in [0.1, 0.15) is 11.5 Å². The van der Waals surface area contributed by atoms with Crippen molar-refractivity contribution in [1.82, 2.24) is 5.32 Å². The minimum atomic E-state index is -0.229. The number of nitrogens with one attached hydrogen (secondary N) is 1. The summed E-state index contributed by atoms with van der Waals surface area (Å²) in [7, 11) is 1.57. The summed E-state index contributed by atoms with van der Waals surface area (Å²) in [5.41, 5.74) is 8.56. The number of carbonyl (C=O) groups is 1. The normalized spacial score (nSPS) is 10.3. The van der Waals surface area contributed by atoms with E-state index in [-0.39, 0.29) is 5.91 Å². The van der Waals surface area contributed by atoms with Crippen LogP contribution >= 0.6 is 11.6 Å². The van der Waals surface area contributed by atoms with Gasteiger partial charge >= 0.3 is 0 Å². The highest BCUT2D eigenvalue weighted by atomic mass is 35.5. The second-order valence-corrected chi connectivity index (χ2v) is 5.19. The van der Waals surface area contributed by atoms with Crippen LogP contribution in [0.4, 0.5) is 5.69 Å². The number of hydrogen-bond donors (Lipinski definition) is 2. The monoisotopic (exact) mass is 304 g/mol. The number of benzene rings is 2. The predicted molar refractivity (Wildman–Crippen MR) is 85.2 cm³/mol. The SMILES string of the molecule is CNC(=O)c1ccc(N)cc1Oc1cc(C)c(Cl)c(C)c1. The third kappa shape index (κ3) is 3.28. The van der Waals surface area contributed by atoms with E-state index in [1.807, 2.05) is 26.0 Å². The Morgan fingerprint density at radius 1 is 1.19 bits per heavy atom. The van der Waals surface area contributed by atoms with E-state index in [0.29, 0.717) is 27.8 Å². The molecule has 5 heteroatoms. The second kappa shape index (κ2) is 6.06. The van der Waals surface area contributed by atoms with Gasteiger partial charge in [-0.1, -0.05) is 11.6 Å². The first-order valence-corrected chi connectivity index (χ1v) is 6.86. The highest BCUT2D eigenvalue weighted by Crippen LogP contribution is 2.31. The van der Waals surface area contributed by atoms with Crippen molar-refractivity contribution in [2.24, 2.45) is 0 Å². The molecule has 0 saturated heterocycles. The Morgan fingerprint density at radius 3 is 2.38 bits per heavy atom. The summed E-state index contributed by atoms with van der Waals surface area (Å²) in [5, 5.41) is 3.29. The molecule has 1 amide bonds. The van der Waals surface area contributed by atoms with Crippen LogP contribution in [0.1, 0.15) is 21.5 Å². The standard InChI is InChI=1S/C16H17ClN2O2/c1-9-6-12(7-10(2)15(9)17)21-14-8-11(18)4-5-13(14)16(20)19-3/h4-8H,18H2,1-3H3,(H,19,20). The van der Waals surface area contributed by atoms with Gasteiger partial charge in [-0.2, -0.15) is 0 Å². The van der Waals surface area contributed by atoms with E-state index in [4.69, 9.17) is 22.1 Å². The quantitative estimate of drug-likeness (QED) is 0.850. The molecule has 0 aliphatic heterocycles. The Kier molecular flexibility index (Phi) is 4.38. The van der Waals surface area contributed by atoms with E-state index in [1.165, 1.54) is 0 Å². The van der Waals surface area contributed by atoms with Crippen molar-refractivity contribution < 1.29 is 9.53 Å². The molecule has 110 valence electrons. The molecule has 0 aliphatic carbocycles. The van der Waals surface area contributed by atoms with Crippen LogP contribution in [0.25, 0.3) is 0 Å². The number of nitrogens with two attached hydrogens (primary N) is 1. The van der Waals surface area contributed by atoms with Crippen molar-refractivity contribution in [2.75, 3.05) is 12.8 Å². The fourth-order valence-electron chi connectivity index (χ4n) is 2.04. The lowest BCUT2D eigenvalue weighted by atomic mass is 10.1. The van der Waals surface area contributed by atoms with Gasteiger partial charge in [0.25, 0.3) is 5.91 Å². The molecular formula is C16H17ClN2O2. The maximum absolute atomic E-state index is 11.9. The molecule has 0 bridgehead atoms. The number of nitrogen functional groups attached to an aromatic ring is 1. The summed E-state index contributed by atoms with van der Waals surface area (Å²) < 4.78 is 5.83.